The van der Waals surface area contributed by atoms with E-state index in [2.05, 4.69) is 5.32 Å². The zero-order chi connectivity index (χ0) is 17.0. The molecule has 1 saturated carbocycles. The highest BCUT2D eigenvalue weighted by Gasteiger charge is 2.36. The first-order valence-corrected chi connectivity index (χ1v) is 9.02. The summed E-state index contributed by atoms with van der Waals surface area (Å²) in [6, 6.07) is 6.76. The number of benzene rings is 1. The predicted molar refractivity (Wildman–Crippen MR) is 98.4 cm³/mol. The third kappa shape index (κ3) is 4.72. The second-order valence-corrected chi connectivity index (χ2v) is 7.13. The fraction of sp³-hybridized carbons (Fsp3) is 0.632. The molecule has 2 atom stereocenters. The summed E-state index contributed by atoms with van der Waals surface area (Å²) in [4.78, 5) is 12.4. The highest BCUT2D eigenvalue weighted by atomic mass is 35.5. The molecule has 6 heteroatoms. The largest absolute Gasteiger partial charge is 0.364 e. The molecule has 1 aliphatic carbocycles. The van der Waals surface area contributed by atoms with Crippen molar-refractivity contribution >= 4 is 18.3 Å². The van der Waals surface area contributed by atoms with Gasteiger partial charge in [-0.2, -0.15) is 0 Å². The van der Waals surface area contributed by atoms with E-state index in [4.69, 9.17) is 10.5 Å². The molecule has 0 spiro atoms. The highest BCUT2D eigenvalue weighted by molar-refractivity contribution is 5.85. The lowest BCUT2D eigenvalue weighted by Gasteiger charge is -2.38. The molecular formula is C19H28ClFN2O2. The normalized spacial score (nSPS) is 25.2. The number of halogens is 2. The van der Waals surface area contributed by atoms with Crippen LogP contribution in [-0.4, -0.2) is 31.2 Å². The number of hydrogen-bond donors (Lipinski definition) is 2. The van der Waals surface area contributed by atoms with Crippen molar-refractivity contribution in [3.63, 3.8) is 0 Å². The minimum Gasteiger partial charge on any atom is -0.364 e. The Balaban J connectivity index is 0.00000225. The summed E-state index contributed by atoms with van der Waals surface area (Å²) in [6.07, 6.45) is 6.75. The fourth-order valence-corrected chi connectivity index (χ4v) is 4.04. The first-order valence-electron chi connectivity index (χ1n) is 9.02. The van der Waals surface area contributed by atoms with Gasteiger partial charge in [0.05, 0.1) is 6.10 Å². The number of hydrogen-bond acceptors (Lipinski definition) is 3. The van der Waals surface area contributed by atoms with Crippen molar-refractivity contribution in [3.8, 4) is 0 Å². The number of ether oxygens (including phenoxy) is 1. The van der Waals surface area contributed by atoms with E-state index in [0.717, 1.165) is 44.1 Å². The molecule has 1 aromatic carbocycles. The number of carbonyl (C=O) groups is 1. The molecule has 1 saturated heterocycles. The Labute approximate surface area is 155 Å². The van der Waals surface area contributed by atoms with E-state index in [1.165, 1.54) is 18.6 Å². The van der Waals surface area contributed by atoms with Crippen molar-refractivity contribution in [2.75, 3.05) is 13.1 Å². The summed E-state index contributed by atoms with van der Waals surface area (Å²) in [5.74, 6) is -0.265. The smallest absolute Gasteiger partial charge is 0.249 e. The number of rotatable bonds is 5. The summed E-state index contributed by atoms with van der Waals surface area (Å²) < 4.78 is 19.0. The second kappa shape index (κ2) is 8.97. The van der Waals surface area contributed by atoms with E-state index in [1.54, 1.807) is 0 Å². The van der Waals surface area contributed by atoms with Gasteiger partial charge in [0, 0.05) is 18.5 Å². The minimum atomic E-state index is -0.382. The Kier molecular flexibility index (Phi) is 7.23. The molecule has 0 aromatic heterocycles. The van der Waals surface area contributed by atoms with Crippen LogP contribution in [0.15, 0.2) is 24.3 Å². The number of carbonyl (C=O) groups excluding carboxylic acids is 1. The van der Waals surface area contributed by atoms with E-state index in [1.807, 2.05) is 12.1 Å². The quantitative estimate of drug-likeness (QED) is 0.837. The van der Waals surface area contributed by atoms with Crippen LogP contribution in [0.25, 0.3) is 0 Å². The molecule has 1 aliphatic heterocycles. The predicted octanol–water partition coefficient (Wildman–Crippen LogP) is 3.07. The van der Waals surface area contributed by atoms with Gasteiger partial charge in [0.25, 0.3) is 0 Å². The molecule has 0 bridgehead atoms. The van der Waals surface area contributed by atoms with Gasteiger partial charge in [-0.25, -0.2) is 4.39 Å². The van der Waals surface area contributed by atoms with Crippen LogP contribution in [0.3, 0.4) is 0 Å². The second-order valence-electron chi connectivity index (χ2n) is 7.13. The number of amides is 1. The topological polar surface area (TPSA) is 64.4 Å². The van der Waals surface area contributed by atoms with Crippen LogP contribution in [0.4, 0.5) is 4.39 Å². The zero-order valence-corrected chi connectivity index (χ0v) is 15.3. The number of nitrogens with two attached hydrogens (primary N) is 1. The Morgan fingerprint density at radius 2 is 1.88 bits per heavy atom. The van der Waals surface area contributed by atoms with Crippen LogP contribution in [0, 0.1) is 5.82 Å². The Morgan fingerprint density at radius 1 is 1.20 bits per heavy atom. The lowest BCUT2D eigenvalue weighted by atomic mass is 9.69. The van der Waals surface area contributed by atoms with E-state index >= 15 is 0 Å². The summed E-state index contributed by atoms with van der Waals surface area (Å²) in [5, 5.41) is 3.09. The third-order valence-electron chi connectivity index (χ3n) is 5.53. The van der Waals surface area contributed by atoms with E-state index in [0.29, 0.717) is 13.1 Å². The van der Waals surface area contributed by atoms with Crippen molar-refractivity contribution in [1.29, 1.82) is 0 Å². The van der Waals surface area contributed by atoms with Crippen LogP contribution in [0.1, 0.15) is 50.5 Å². The van der Waals surface area contributed by atoms with Crippen molar-refractivity contribution < 1.29 is 13.9 Å². The monoisotopic (exact) mass is 370 g/mol. The Hall–Kier alpha value is -1.17. The first-order chi connectivity index (χ1) is 11.6. The van der Waals surface area contributed by atoms with Crippen molar-refractivity contribution in [3.05, 3.63) is 35.6 Å². The highest BCUT2D eigenvalue weighted by Crippen LogP contribution is 2.39. The summed E-state index contributed by atoms with van der Waals surface area (Å²) >= 11 is 0. The molecule has 4 nitrogen and oxygen atoms in total. The minimum absolute atomic E-state index is 0. The molecule has 3 rings (SSSR count). The van der Waals surface area contributed by atoms with Crippen LogP contribution in [-0.2, 0) is 14.9 Å². The Bertz CT molecular complexity index is 561. The van der Waals surface area contributed by atoms with Gasteiger partial charge < -0.3 is 15.8 Å². The average molecular weight is 371 g/mol. The number of nitrogens with one attached hydrogen (secondary N) is 1. The van der Waals surface area contributed by atoms with Gasteiger partial charge in [-0.15, -0.1) is 12.4 Å². The molecule has 0 radical (unpaired) electrons. The van der Waals surface area contributed by atoms with Gasteiger partial charge >= 0.3 is 0 Å². The van der Waals surface area contributed by atoms with Gasteiger partial charge in [0.1, 0.15) is 11.9 Å². The van der Waals surface area contributed by atoms with Crippen LogP contribution >= 0.6 is 12.4 Å². The van der Waals surface area contributed by atoms with Gasteiger partial charge in [0.15, 0.2) is 0 Å². The Morgan fingerprint density at radius 3 is 2.48 bits per heavy atom. The molecule has 1 amide bonds. The molecule has 1 aromatic rings. The van der Waals surface area contributed by atoms with Crippen LogP contribution < -0.4 is 11.1 Å². The zero-order valence-electron chi connectivity index (χ0n) is 14.5. The maximum absolute atomic E-state index is 13.3. The summed E-state index contributed by atoms with van der Waals surface area (Å²) in [5.41, 5.74) is 6.64. The van der Waals surface area contributed by atoms with Crippen LogP contribution in [0.2, 0.25) is 0 Å². The first kappa shape index (κ1) is 20.1. The van der Waals surface area contributed by atoms with Crippen molar-refractivity contribution in [1.82, 2.24) is 5.32 Å². The molecule has 140 valence electrons. The van der Waals surface area contributed by atoms with E-state index in [-0.39, 0.29) is 41.8 Å². The van der Waals surface area contributed by atoms with E-state index in [9.17, 15) is 9.18 Å². The molecular weight excluding hydrogens is 343 g/mol. The van der Waals surface area contributed by atoms with Crippen molar-refractivity contribution in [2.45, 2.75) is 62.6 Å². The molecule has 2 fully saturated rings. The SMILES string of the molecule is Cl.NC[C@H]1CC[C@@H](C(=O)NCC2(c3ccc(F)cc3)CCCCC2)O1. The van der Waals surface area contributed by atoms with Crippen molar-refractivity contribution in [2.24, 2.45) is 5.73 Å². The lowest BCUT2D eigenvalue weighted by Crippen LogP contribution is -2.45. The van der Waals surface area contributed by atoms with Gasteiger partial charge in [-0.1, -0.05) is 31.4 Å². The summed E-state index contributed by atoms with van der Waals surface area (Å²) in [7, 11) is 0. The molecule has 2 aliphatic rings. The lowest BCUT2D eigenvalue weighted by molar-refractivity contribution is -0.132. The maximum Gasteiger partial charge on any atom is 0.249 e. The molecule has 0 unspecified atom stereocenters. The van der Waals surface area contributed by atoms with Gasteiger partial charge in [-0.05, 0) is 43.4 Å². The van der Waals surface area contributed by atoms with Crippen LogP contribution in [0.5, 0.6) is 0 Å². The average Bonchev–Trinajstić information content (AvgIpc) is 3.10. The molecule has 3 N–H and O–H groups in total. The molecule has 25 heavy (non-hydrogen) atoms. The standard InChI is InChI=1S/C19H27FN2O2.ClH/c20-15-6-4-14(5-7-15)19(10-2-1-3-11-19)13-22-18(23)17-9-8-16(12-21)24-17;/h4-7,16-17H,1-3,8-13,21H2,(H,22,23);1H/t16-,17+;/m1./s1. The fourth-order valence-electron chi connectivity index (χ4n) is 4.04. The third-order valence-corrected chi connectivity index (χ3v) is 5.53. The van der Waals surface area contributed by atoms with Gasteiger partial charge in [-0.3, -0.25) is 4.79 Å². The maximum atomic E-state index is 13.3. The van der Waals surface area contributed by atoms with E-state index < -0.39 is 0 Å². The van der Waals surface area contributed by atoms with Gasteiger partial charge in [0.2, 0.25) is 5.91 Å². The summed E-state index contributed by atoms with van der Waals surface area (Å²) in [6.45, 7) is 1.05. The molecule has 1 heterocycles.